The van der Waals surface area contributed by atoms with Crippen LogP contribution in [0.5, 0.6) is 5.75 Å². The third kappa shape index (κ3) is 4.12. The fourth-order valence-electron chi connectivity index (χ4n) is 2.11. The number of nitrogens with zero attached hydrogens (tertiary/aromatic N) is 1. The fraction of sp³-hybridized carbons (Fsp3) is 0.250. The zero-order valence-electron chi connectivity index (χ0n) is 12.4. The highest BCUT2D eigenvalue weighted by atomic mass is 35.5. The maximum Gasteiger partial charge on any atom is 0.307 e. The lowest BCUT2D eigenvalue weighted by molar-refractivity contribution is -0.136. The fourth-order valence-corrected chi connectivity index (χ4v) is 2.45. The molecule has 0 radical (unpaired) electrons. The van der Waals surface area contributed by atoms with Crippen molar-refractivity contribution < 1.29 is 19.0 Å². The van der Waals surface area contributed by atoms with Crippen LogP contribution in [0, 0.1) is 5.82 Å². The highest BCUT2D eigenvalue weighted by Crippen LogP contribution is 2.40. The lowest BCUT2D eigenvalue weighted by Gasteiger charge is -2.19. The summed E-state index contributed by atoms with van der Waals surface area (Å²) in [5, 5.41) is 9.14. The highest BCUT2D eigenvalue weighted by molar-refractivity contribution is 6.31. The largest absolute Gasteiger partial charge is 0.490 e. The van der Waals surface area contributed by atoms with E-state index in [0.717, 1.165) is 0 Å². The molecule has 0 atom stereocenters. The SMILES string of the molecule is CC(C)Oc1c(CC(=O)O)cc(Cl)c(F)c1-c1ccc(Cl)nc1. The molecule has 1 aromatic carbocycles. The van der Waals surface area contributed by atoms with Crippen LogP contribution in [0.1, 0.15) is 19.4 Å². The van der Waals surface area contributed by atoms with Crippen LogP contribution in [0.25, 0.3) is 11.1 Å². The topological polar surface area (TPSA) is 59.4 Å². The molecule has 7 heteroatoms. The number of carboxylic acids is 1. The van der Waals surface area contributed by atoms with Crippen LogP contribution in [0.15, 0.2) is 24.4 Å². The number of carboxylic acid groups (broad SMARTS) is 1. The number of aromatic nitrogens is 1. The molecule has 0 saturated heterocycles. The predicted molar refractivity (Wildman–Crippen MR) is 86.8 cm³/mol. The van der Waals surface area contributed by atoms with Crippen molar-refractivity contribution in [1.29, 1.82) is 0 Å². The van der Waals surface area contributed by atoms with Crippen LogP contribution in [0.2, 0.25) is 10.2 Å². The monoisotopic (exact) mass is 357 g/mol. The Morgan fingerprint density at radius 3 is 2.61 bits per heavy atom. The van der Waals surface area contributed by atoms with Gasteiger partial charge in [-0.05, 0) is 32.0 Å². The van der Waals surface area contributed by atoms with Gasteiger partial charge in [0.15, 0.2) is 5.82 Å². The molecule has 0 spiro atoms. The van der Waals surface area contributed by atoms with E-state index in [0.29, 0.717) is 11.1 Å². The molecule has 2 rings (SSSR count). The van der Waals surface area contributed by atoms with Crippen LogP contribution in [-0.4, -0.2) is 22.2 Å². The quantitative estimate of drug-likeness (QED) is 0.793. The first-order chi connectivity index (χ1) is 10.8. The first kappa shape index (κ1) is 17.5. The van der Waals surface area contributed by atoms with Gasteiger partial charge in [0.1, 0.15) is 10.9 Å². The summed E-state index contributed by atoms with van der Waals surface area (Å²) in [5.74, 6) is -1.62. The van der Waals surface area contributed by atoms with E-state index in [1.165, 1.54) is 18.3 Å². The minimum absolute atomic E-state index is 0.0756. The molecule has 0 unspecified atom stereocenters. The van der Waals surface area contributed by atoms with Crippen molar-refractivity contribution in [3.8, 4) is 16.9 Å². The smallest absolute Gasteiger partial charge is 0.307 e. The van der Waals surface area contributed by atoms with Gasteiger partial charge in [-0.3, -0.25) is 4.79 Å². The number of rotatable bonds is 5. The Bertz CT molecular complexity index is 733. The second kappa shape index (κ2) is 7.15. The molecular weight excluding hydrogens is 344 g/mol. The number of benzene rings is 1. The number of aliphatic carboxylic acids is 1. The summed E-state index contributed by atoms with van der Waals surface area (Å²) in [7, 11) is 0. The number of ether oxygens (including phenoxy) is 1. The second-order valence-corrected chi connectivity index (χ2v) is 5.94. The molecule has 122 valence electrons. The van der Waals surface area contributed by atoms with Crippen LogP contribution < -0.4 is 4.74 Å². The van der Waals surface area contributed by atoms with Crippen LogP contribution >= 0.6 is 23.2 Å². The van der Waals surface area contributed by atoms with E-state index >= 15 is 0 Å². The van der Waals surface area contributed by atoms with Crippen LogP contribution in [0.4, 0.5) is 4.39 Å². The Balaban J connectivity index is 2.72. The molecule has 0 fully saturated rings. The third-order valence-corrected chi connectivity index (χ3v) is 3.46. The summed E-state index contributed by atoms with van der Waals surface area (Å²) in [6.45, 7) is 3.53. The van der Waals surface area contributed by atoms with Crippen molar-refractivity contribution in [2.24, 2.45) is 0 Å². The summed E-state index contributed by atoms with van der Waals surface area (Å²) in [5.41, 5.74) is 0.769. The lowest BCUT2D eigenvalue weighted by Crippen LogP contribution is -2.12. The number of halogens is 3. The lowest BCUT2D eigenvalue weighted by atomic mass is 10.00. The Morgan fingerprint density at radius 2 is 2.09 bits per heavy atom. The van der Waals surface area contributed by atoms with Crippen molar-refractivity contribution >= 4 is 29.2 Å². The molecule has 0 aliphatic carbocycles. The van der Waals surface area contributed by atoms with E-state index in [1.54, 1.807) is 19.9 Å². The molecule has 4 nitrogen and oxygen atoms in total. The minimum atomic E-state index is -1.07. The number of hydrogen-bond donors (Lipinski definition) is 1. The Morgan fingerprint density at radius 1 is 1.39 bits per heavy atom. The van der Waals surface area contributed by atoms with Gasteiger partial charge in [0.05, 0.1) is 23.1 Å². The van der Waals surface area contributed by atoms with Gasteiger partial charge in [-0.25, -0.2) is 9.37 Å². The van der Waals surface area contributed by atoms with Crippen LogP contribution in [-0.2, 0) is 11.2 Å². The molecule has 0 amide bonds. The van der Waals surface area contributed by atoms with Gasteiger partial charge in [-0.2, -0.15) is 0 Å². The average molecular weight is 358 g/mol. The van der Waals surface area contributed by atoms with Gasteiger partial charge in [-0.1, -0.05) is 23.2 Å². The zero-order chi connectivity index (χ0) is 17.1. The van der Waals surface area contributed by atoms with Crippen molar-refractivity contribution in [1.82, 2.24) is 4.98 Å². The summed E-state index contributed by atoms with van der Waals surface area (Å²) in [6.07, 6.45) is 0.771. The van der Waals surface area contributed by atoms with Gasteiger partial charge in [0.25, 0.3) is 0 Å². The van der Waals surface area contributed by atoms with Crippen LogP contribution in [0.3, 0.4) is 0 Å². The first-order valence-corrected chi connectivity index (χ1v) is 7.56. The Labute approximate surface area is 142 Å². The van der Waals surface area contributed by atoms with E-state index in [-0.39, 0.29) is 34.0 Å². The molecule has 2 aromatic rings. The van der Waals surface area contributed by atoms with Gasteiger partial charge < -0.3 is 9.84 Å². The molecule has 0 aliphatic rings. The number of hydrogen-bond acceptors (Lipinski definition) is 3. The molecule has 1 aromatic heterocycles. The summed E-state index contributed by atoms with van der Waals surface area (Å²) < 4.78 is 20.3. The maximum absolute atomic E-state index is 14.6. The van der Waals surface area contributed by atoms with E-state index in [4.69, 9.17) is 33.0 Å². The summed E-state index contributed by atoms with van der Waals surface area (Å²) in [6, 6.07) is 4.35. The average Bonchev–Trinajstić information content (AvgIpc) is 2.45. The molecule has 1 N–H and O–H groups in total. The highest BCUT2D eigenvalue weighted by Gasteiger charge is 2.22. The van der Waals surface area contributed by atoms with Crippen molar-refractivity contribution in [2.75, 3.05) is 0 Å². The minimum Gasteiger partial charge on any atom is -0.490 e. The van der Waals surface area contributed by atoms with E-state index in [2.05, 4.69) is 4.98 Å². The molecule has 23 heavy (non-hydrogen) atoms. The standard InChI is InChI=1S/C16H14Cl2FNO3/c1-8(2)23-16-10(6-13(21)22)5-11(17)15(19)14(16)9-3-4-12(18)20-7-9/h3-5,7-8H,6H2,1-2H3,(H,21,22). The van der Waals surface area contributed by atoms with E-state index in [1.807, 2.05) is 0 Å². The van der Waals surface area contributed by atoms with Gasteiger partial charge in [0, 0.05) is 17.3 Å². The zero-order valence-corrected chi connectivity index (χ0v) is 14.0. The Kier molecular flexibility index (Phi) is 5.44. The molecule has 1 heterocycles. The van der Waals surface area contributed by atoms with Gasteiger partial charge >= 0.3 is 5.97 Å². The Hall–Kier alpha value is -1.85. The molecule has 0 aliphatic heterocycles. The van der Waals surface area contributed by atoms with Crippen molar-refractivity contribution in [3.05, 3.63) is 46.0 Å². The summed E-state index contributed by atoms with van der Waals surface area (Å²) in [4.78, 5) is 15.0. The number of carbonyl (C=O) groups is 1. The molecular formula is C16H14Cl2FNO3. The first-order valence-electron chi connectivity index (χ1n) is 6.80. The van der Waals surface area contributed by atoms with Crippen molar-refractivity contribution in [3.63, 3.8) is 0 Å². The molecule has 0 bridgehead atoms. The van der Waals surface area contributed by atoms with Gasteiger partial charge in [-0.15, -0.1) is 0 Å². The van der Waals surface area contributed by atoms with Gasteiger partial charge in [0.2, 0.25) is 0 Å². The maximum atomic E-state index is 14.6. The van der Waals surface area contributed by atoms with E-state index in [9.17, 15) is 9.18 Å². The normalized spacial score (nSPS) is 10.9. The molecule has 0 saturated carbocycles. The van der Waals surface area contributed by atoms with E-state index < -0.39 is 11.8 Å². The number of pyridine rings is 1. The third-order valence-electron chi connectivity index (χ3n) is 2.96. The summed E-state index contributed by atoms with van der Waals surface area (Å²) >= 11 is 11.7. The predicted octanol–water partition coefficient (Wildman–Crippen LogP) is 4.61. The second-order valence-electron chi connectivity index (χ2n) is 5.14. The van der Waals surface area contributed by atoms with Crippen molar-refractivity contribution in [2.45, 2.75) is 26.4 Å².